The molecule has 0 saturated carbocycles. The zero-order chi connectivity index (χ0) is 29.7. The van der Waals surface area contributed by atoms with Gasteiger partial charge >= 0.3 is 0 Å². The highest BCUT2D eigenvalue weighted by Gasteiger charge is 2.18. The van der Waals surface area contributed by atoms with Crippen molar-refractivity contribution in [2.75, 3.05) is 0 Å². The maximum absolute atomic E-state index is 6.08. The Morgan fingerprint density at radius 2 is 0.756 bits per heavy atom. The van der Waals surface area contributed by atoms with Crippen molar-refractivity contribution in [1.82, 2.24) is 0 Å². The molecule has 0 bridgehead atoms. The van der Waals surface area contributed by atoms with E-state index in [2.05, 4.69) is 158 Å². The number of hydrogen-bond donors (Lipinski definition) is 0. The van der Waals surface area contributed by atoms with Crippen molar-refractivity contribution >= 4 is 43.5 Å². The Kier molecular flexibility index (Phi) is 5.89. The standard InChI is InChI=1S/C44H28O/c1-2-12-30(13-3-1)33-14-4-5-16-35(33)44-38-19-8-6-17-36(38)43(37-18-7-9-20-39(37)44)31-24-22-29(23-25-31)32-26-27-42-40(28-32)34-15-10-11-21-41(34)45-42/h1-28H. The van der Waals surface area contributed by atoms with E-state index in [1.54, 1.807) is 0 Å². The molecule has 0 saturated heterocycles. The molecule has 9 aromatic rings. The lowest BCUT2D eigenvalue weighted by molar-refractivity contribution is 0.669. The van der Waals surface area contributed by atoms with Crippen LogP contribution in [-0.2, 0) is 0 Å². The van der Waals surface area contributed by atoms with Gasteiger partial charge in [0, 0.05) is 10.8 Å². The summed E-state index contributed by atoms with van der Waals surface area (Å²) in [6.45, 7) is 0. The van der Waals surface area contributed by atoms with Crippen LogP contribution < -0.4 is 0 Å². The topological polar surface area (TPSA) is 13.1 Å². The fourth-order valence-corrected chi connectivity index (χ4v) is 7.04. The molecule has 8 aromatic carbocycles. The summed E-state index contributed by atoms with van der Waals surface area (Å²) < 4.78 is 6.08. The van der Waals surface area contributed by atoms with E-state index >= 15 is 0 Å². The largest absolute Gasteiger partial charge is 0.456 e. The molecule has 0 amide bonds. The Morgan fingerprint density at radius 3 is 1.44 bits per heavy atom. The molecule has 1 heteroatoms. The summed E-state index contributed by atoms with van der Waals surface area (Å²) in [6.07, 6.45) is 0. The maximum atomic E-state index is 6.08. The average Bonchev–Trinajstić information content (AvgIpc) is 3.49. The van der Waals surface area contributed by atoms with Gasteiger partial charge in [-0.2, -0.15) is 0 Å². The molecule has 1 nitrogen and oxygen atoms in total. The minimum Gasteiger partial charge on any atom is -0.456 e. The Morgan fingerprint density at radius 1 is 0.267 bits per heavy atom. The van der Waals surface area contributed by atoms with Gasteiger partial charge in [0.2, 0.25) is 0 Å². The number of para-hydroxylation sites is 1. The quantitative estimate of drug-likeness (QED) is 0.191. The monoisotopic (exact) mass is 572 g/mol. The minimum absolute atomic E-state index is 0.920. The summed E-state index contributed by atoms with van der Waals surface area (Å²) in [5.41, 5.74) is 11.7. The highest BCUT2D eigenvalue weighted by atomic mass is 16.3. The van der Waals surface area contributed by atoms with Gasteiger partial charge in [-0.25, -0.2) is 0 Å². The van der Waals surface area contributed by atoms with E-state index in [9.17, 15) is 0 Å². The Hall–Kier alpha value is -5.92. The van der Waals surface area contributed by atoms with Gasteiger partial charge < -0.3 is 4.42 Å². The molecular formula is C44H28O. The van der Waals surface area contributed by atoms with Crippen molar-refractivity contribution in [2.24, 2.45) is 0 Å². The van der Waals surface area contributed by atoms with Gasteiger partial charge in [0.05, 0.1) is 0 Å². The Balaban J connectivity index is 1.23. The van der Waals surface area contributed by atoms with Crippen LogP contribution in [0.15, 0.2) is 174 Å². The molecule has 0 atom stereocenters. The summed E-state index contributed by atoms with van der Waals surface area (Å²) in [4.78, 5) is 0. The first kappa shape index (κ1) is 25.6. The molecule has 210 valence electrons. The highest BCUT2D eigenvalue weighted by Crippen LogP contribution is 2.46. The van der Waals surface area contributed by atoms with E-state index in [0.717, 1.165) is 21.9 Å². The van der Waals surface area contributed by atoms with Crippen LogP contribution in [0.4, 0.5) is 0 Å². The van der Waals surface area contributed by atoms with E-state index in [4.69, 9.17) is 4.42 Å². The summed E-state index contributed by atoms with van der Waals surface area (Å²) in [7, 11) is 0. The molecular weight excluding hydrogens is 544 g/mol. The summed E-state index contributed by atoms with van der Waals surface area (Å²) in [5, 5.41) is 7.33. The van der Waals surface area contributed by atoms with Crippen molar-refractivity contribution in [3.05, 3.63) is 170 Å². The van der Waals surface area contributed by atoms with Gasteiger partial charge in [-0.3, -0.25) is 0 Å². The fraction of sp³-hybridized carbons (Fsp3) is 0. The summed E-state index contributed by atoms with van der Waals surface area (Å²) >= 11 is 0. The van der Waals surface area contributed by atoms with E-state index in [1.165, 1.54) is 66.1 Å². The van der Waals surface area contributed by atoms with Crippen molar-refractivity contribution in [3.8, 4) is 44.5 Å². The first-order valence-electron chi connectivity index (χ1n) is 15.4. The molecule has 1 aromatic heterocycles. The van der Waals surface area contributed by atoms with Crippen LogP contribution in [0.5, 0.6) is 0 Å². The van der Waals surface area contributed by atoms with Gasteiger partial charge in [-0.15, -0.1) is 0 Å². The Bertz CT molecular complexity index is 2460. The zero-order valence-corrected chi connectivity index (χ0v) is 24.6. The normalized spacial score (nSPS) is 11.6. The van der Waals surface area contributed by atoms with Gasteiger partial charge in [-0.1, -0.05) is 152 Å². The average molecular weight is 573 g/mol. The van der Waals surface area contributed by atoms with Crippen LogP contribution in [0.3, 0.4) is 0 Å². The van der Waals surface area contributed by atoms with Crippen LogP contribution in [0.1, 0.15) is 0 Å². The first-order valence-corrected chi connectivity index (χ1v) is 15.4. The second-order valence-corrected chi connectivity index (χ2v) is 11.6. The van der Waals surface area contributed by atoms with Crippen molar-refractivity contribution in [1.29, 1.82) is 0 Å². The van der Waals surface area contributed by atoms with Crippen LogP contribution in [0, 0.1) is 0 Å². The third kappa shape index (κ3) is 4.17. The second-order valence-electron chi connectivity index (χ2n) is 11.6. The number of benzene rings is 8. The fourth-order valence-electron chi connectivity index (χ4n) is 7.04. The first-order chi connectivity index (χ1) is 22.3. The van der Waals surface area contributed by atoms with Crippen molar-refractivity contribution in [3.63, 3.8) is 0 Å². The molecule has 45 heavy (non-hydrogen) atoms. The number of hydrogen-bond acceptors (Lipinski definition) is 1. The number of furan rings is 1. The van der Waals surface area contributed by atoms with Crippen molar-refractivity contribution < 1.29 is 4.42 Å². The van der Waals surface area contributed by atoms with Gasteiger partial charge in [-0.05, 0) is 84.3 Å². The third-order valence-corrected chi connectivity index (χ3v) is 9.10. The molecule has 0 unspecified atom stereocenters. The molecule has 9 rings (SSSR count). The number of rotatable bonds is 4. The van der Waals surface area contributed by atoms with Gasteiger partial charge in [0.25, 0.3) is 0 Å². The number of fused-ring (bicyclic) bond motifs is 5. The third-order valence-electron chi connectivity index (χ3n) is 9.10. The van der Waals surface area contributed by atoms with Crippen LogP contribution in [0.2, 0.25) is 0 Å². The van der Waals surface area contributed by atoms with Crippen molar-refractivity contribution in [2.45, 2.75) is 0 Å². The predicted octanol–water partition coefficient (Wildman–Crippen LogP) is 12.6. The molecule has 0 fully saturated rings. The lowest BCUT2D eigenvalue weighted by Crippen LogP contribution is -1.92. The van der Waals surface area contributed by atoms with E-state index in [-0.39, 0.29) is 0 Å². The highest BCUT2D eigenvalue weighted by molar-refractivity contribution is 6.22. The molecule has 0 radical (unpaired) electrons. The molecule has 0 spiro atoms. The Labute approximate surface area is 261 Å². The van der Waals surface area contributed by atoms with E-state index < -0.39 is 0 Å². The molecule has 0 aliphatic rings. The van der Waals surface area contributed by atoms with E-state index in [1.807, 2.05) is 12.1 Å². The second kappa shape index (κ2) is 10.4. The lowest BCUT2D eigenvalue weighted by atomic mass is 9.83. The van der Waals surface area contributed by atoms with Crippen LogP contribution in [0.25, 0.3) is 88.0 Å². The molecule has 0 aliphatic heterocycles. The van der Waals surface area contributed by atoms with Crippen LogP contribution >= 0.6 is 0 Å². The SMILES string of the molecule is c1ccc(-c2ccccc2-c2c3ccccc3c(-c3ccc(-c4ccc5oc6ccccc6c5c4)cc3)c3ccccc23)cc1. The molecule has 1 heterocycles. The molecule has 0 N–H and O–H groups in total. The maximum Gasteiger partial charge on any atom is 0.135 e. The zero-order valence-electron chi connectivity index (χ0n) is 24.6. The summed E-state index contributed by atoms with van der Waals surface area (Å²) in [6, 6.07) is 61.1. The van der Waals surface area contributed by atoms with E-state index in [0.29, 0.717) is 0 Å². The summed E-state index contributed by atoms with van der Waals surface area (Å²) in [5.74, 6) is 0. The molecule has 0 aliphatic carbocycles. The van der Waals surface area contributed by atoms with Gasteiger partial charge in [0.15, 0.2) is 0 Å². The minimum atomic E-state index is 0.920. The predicted molar refractivity (Wildman–Crippen MR) is 190 cm³/mol. The smallest absolute Gasteiger partial charge is 0.135 e. The lowest BCUT2D eigenvalue weighted by Gasteiger charge is -2.19. The van der Waals surface area contributed by atoms with Crippen LogP contribution in [-0.4, -0.2) is 0 Å². The van der Waals surface area contributed by atoms with Gasteiger partial charge in [0.1, 0.15) is 11.2 Å².